The van der Waals surface area contributed by atoms with E-state index in [-0.39, 0.29) is 23.0 Å². The lowest BCUT2D eigenvalue weighted by Gasteiger charge is -2.10. The van der Waals surface area contributed by atoms with Crippen LogP contribution < -0.4 is 4.74 Å². The van der Waals surface area contributed by atoms with Gasteiger partial charge in [0, 0.05) is 5.69 Å². The van der Waals surface area contributed by atoms with E-state index >= 15 is 0 Å². The summed E-state index contributed by atoms with van der Waals surface area (Å²) in [6.45, 7) is 3.42. The van der Waals surface area contributed by atoms with Crippen LogP contribution in [0.1, 0.15) is 27.3 Å². The lowest BCUT2D eigenvalue weighted by Crippen LogP contribution is -2.04. The van der Waals surface area contributed by atoms with E-state index in [1.807, 2.05) is 6.07 Å². The van der Waals surface area contributed by atoms with Gasteiger partial charge in [0.05, 0.1) is 0 Å². The van der Waals surface area contributed by atoms with Crippen molar-refractivity contribution in [1.29, 1.82) is 5.26 Å². The highest BCUT2D eigenvalue weighted by Crippen LogP contribution is 2.27. The lowest BCUT2D eigenvalue weighted by molar-refractivity contribution is 0.0694. The first-order valence-electron chi connectivity index (χ1n) is 5.78. The zero-order valence-corrected chi connectivity index (χ0v) is 10.9. The van der Waals surface area contributed by atoms with E-state index in [0.717, 1.165) is 0 Å². The average molecular weight is 269 g/mol. The fourth-order valence-electron chi connectivity index (χ4n) is 1.69. The van der Waals surface area contributed by atoms with E-state index < -0.39 is 5.97 Å². The molecule has 0 saturated heterocycles. The van der Waals surface area contributed by atoms with Crippen LogP contribution in [0.2, 0.25) is 0 Å². The molecular formula is C14H11N3O3. The maximum atomic E-state index is 11.2. The number of benzene rings is 1. The third-order valence-corrected chi connectivity index (χ3v) is 2.58. The lowest BCUT2D eigenvalue weighted by atomic mass is 10.1. The minimum Gasteiger partial charge on any atom is -0.478 e. The first kappa shape index (κ1) is 13.5. The third kappa shape index (κ3) is 2.72. The summed E-state index contributed by atoms with van der Waals surface area (Å²) in [6.07, 6.45) is 0. The molecule has 0 saturated carbocycles. The molecule has 0 aliphatic heterocycles. The number of para-hydroxylation sites is 1. The molecule has 100 valence electrons. The number of aromatic carboxylic acids is 1. The van der Waals surface area contributed by atoms with Crippen LogP contribution >= 0.6 is 0 Å². The number of ether oxygens (including phenoxy) is 1. The minimum absolute atomic E-state index is 0.0219. The molecule has 0 atom stereocenters. The molecule has 1 heterocycles. The smallest absolute Gasteiger partial charge is 0.339 e. The van der Waals surface area contributed by atoms with Crippen molar-refractivity contribution in [2.75, 3.05) is 0 Å². The molecule has 0 unspecified atom stereocenters. The molecule has 1 aromatic carbocycles. The largest absolute Gasteiger partial charge is 0.478 e. The fourth-order valence-corrected chi connectivity index (χ4v) is 1.69. The summed E-state index contributed by atoms with van der Waals surface area (Å²) in [5.41, 5.74) is 1.40. The topological polar surface area (TPSA) is 96.1 Å². The van der Waals surface area contributed by atoms with E-state index in [1.165, 1.54) is 12.1 Å². The second-order valence-corrected chi connectivity index (χ2v) is 4.15. The Morgan fingerprint density at radius 1 is 1.35 bits per heavy atom. The second-order valence-electron chi connectivity index (χ2n) is 4.15. The quantitative estimate of drug-likeness (QED) is 0.919. The Kier molecular flexibility index (Phi) is 3.62. The van der Waals surface area contributed by atoms with Crippen LogP contribution in [-0.2, 0) is 0 Å². The molecule has 0 fully saturated rings. The highest BCUT2D eigenvalue weighted by Gasteiger charge is 2.15. The normalized spacial score (nSPS) is 9.85. The van der Waals surface area contributed by atoms with Crippen molar-refractivity contribution in [3.63, 3.8) is 0 Å². The molecular weight excluding hydrogens is 258 g/mol. The zero-order valence-electron chi connectivity index (χ0n) is 10.9. The van der Waals surface area contributed by atoms with Crippen LogP contribution in [0.4, 0.5) is 0 Å². The number of carbonyl (C=O) groups is 1. The number of nitrogens with zero attached hydrogens (tertiary/aromatic N) is 3. The Morgan fingerprint density at radius 3 is 2.75 bits per heavy atom. The summed E-state index contributed by atoms with van der Waals surface area (Å²) in [5, 5.41) is 18.0. The predicted molar refractivity (Wildman–Crippen MR) is 69.7 cm³/mol. The standard InChI is InChI=1S/C14H11N3O3/c1-8-4-3-5-11(13(18)19)12(8)20-14-16-9(2)6-10(7-15)17-14/h3-6H,1-2H3,(H,18,19). The Balaban J connectivity index is 2.48. The van der Waals surface area contributed by atoms with Crippen molar-refractivity contribution in [2.24, 2.45) is 0 Å². The van der Waals surface area contributed by atoms with Gasteiger partial charge in [0.25, 0.3) is 0 Å². The molecule has 6 heteroatoms. The van der Waals surface area contributed by atoms with Gasteiger partial charge in [-0.15, -0.1) is 0 Å². The van der Waals surface area contributed by atoms with Crippen molar-refractivity contribution < 1.29 is 14.6 Å². The Bertz CT molecular complexity index is 720. The van der Waals surface area contributed by atoms with Crippen LogP contribution in [0.5, 0.6) is 11.8 Å². The number of aromatic nitrogens is 2. The molecule has 1 aromatic heterocycles. The van der Waals surface area contributed by atoms with Crippen LogP contribution in [0, 0.1) is 25.2 Å². The number of hydrogen-bond donors (Lipinski definition) is 1. The molecule has 0 aliphatic rings. The van der Waals surface area contributed by atoms with E-state index in [4.69, 9.17) is 15.1 Å². The van der Waals surface area contributed by atoms with Gasteiger partial charge in [0.1, 0.15) is 23.1 Å². The minimum atomic E-state index is -1.10. The van der Waals surface area contributed by atoms with Gasteiger partial charge in [-0.05, 0) is 31.5 Å². The number of carboxylic acids is 1. The number of nitriles is 1. The number of hydrogen-bond acceptors (Lipinski definition) is 5. The molecule has 0 bridgehead atoms. The monoisotopic (exact) mass is 269 g/mol. The fraction of sp³-hybridized carbons (Fsp3) is 0.143. The Hall–Kier alpha value is -2.94. The highest BCUT2D eigenvalue weighted by molar-refractivity contribution is 5.91. The number of aryl methyl sites for hydroxylation is 2. The third-order valence-electron chi connectivity index (χ3n) is 2.58. The van der Waals surface area contributed by atoms with Gasteiger partial charge in [-0.25, -0.2) is 9.78 Å². The van der Waals surface area contributed by atoms with E-state index in [2.05, 4.69) is 9.97 Å². The summed E-state index contributed by atoms with van der Waals surface area (Å²) < 4.78 is 5.47. The molecule has 6 nitrogen and oxygen atoms in total. The second kappa shape index (κ2) is 5.36. The summed E-state index contributed by atoms with van der Waals surface area (Å²) in [4.78, 5) is 19.1. The number of carboxylic acid groups (broad SMARTS) is 1. The van der Waals surface area contributed by atoms with Gasteiger partial charge < -0.3 is 9.84 Å². The van der Waals surface area contributed by atoms with E-state index in [9.17, 15) is 4.79 Å². The molecule has 0 spiro atoms. The van der Waals surface area contributed by atoms with Gasteiger partial charge >= 0.3 is 12.0 Å². The summed E-state index contributed by atoms with van der Waals surface area (Å²) in [7, 11) is 0. The van der Waals surface area contributed by atoms with Crippen molar-refractivity contribution >= 4 is 5.97 Å². The highest BCUT2D eigenvalue weighted by atomic mass is 16.5. The van der Waals surface area contributed by atoms with Gasteiger partial charge in [0.15, 0.2) is 0 Å². The van der Waals surface area contributed by atoms with Crippen LogP contribution in [0.3, 0.4) is 0 Å². The summed E-state index contributed by atoms with van der Waals surface area (Å²) in [5.74, 6) is -0.925. The molecule has 20 heavy (non-hydrogen) atoms. The SMILES string of the molecule is Cc1cc(C#N)nc(Oc2c(C)cccc2C(=O)O)n1. The molecule has 2 rings (SSSR count). The molecule has 0 radical (unpaired) electrons. The van der Waals surface area contributed by atoms with Gasteiger partial charge in [0.2, 0.25) is 0 Å². The van der Waals surface area contributed by atoms with Crippen molar-refractivity contribution in [2.45, 2.75) is 13.8 Å². The van der Waals surface area contributed by atoms with Gasteiger partial charge in [-0.1, -0.05) is 12.1 Å². The van der Waals surface area contributed by atoms with Crippen molar-refractivity contribution in [3.8, 4) is 17.8 Å². The summed E-state index contributed by atoms with van der Waals surface area (Å²) in [6, 6.07) is 8.16. The Morgan fingerprint density at radius 2 is 2.10 bits per heavy atom. The van der Waals surface area contributed by atoms with E-state index in [0.29, 0.717) is 11.3 Å². The average Bonchev–Trinajstić information content (AvgIpc) is 2.40. The first-order chi connectivity index (χ1) is 9.51. The van der Waals surface area contributed by atoms with Crippen molar-refractivity contribution in [1.82, 2.24) is 9.97 Å². The van der Waals surface area contributed by atoms with Gasteiger partial charge in [-0.2, -0.15) is 10.2 Å². The van der Waals surface area contributed by atoms with Gasteiger partial charge in [-0.3, -0.25) is 0 Å². The molecule has 0 aliphatic carbocycles. The zero-order chi connectivity index (χ0) is 14.7. The molecule has 2 aromatic rings. The van der Waals surface area contributed by atoms with Crippen molar-refractivity contribution in [3.05, 3.63) is 46.8 Å². The molecule has 0 amide bonds. The predicted octanol–water partition coefficient (Wildman–Crippen LogP) is 2.46. The number of rotatable bonds is 3. The van der Waals surface area contributed by atoms with Crippen LogP contribution in [0.25, 0.3) is 0 Å². The Labute approximate surface area is 115 Å². The maximum Gasteiger partial charge on any atom is 0.339 e. The first-order valence-corrected chi connectivity index (χ1v) is 5.78. The molecule has 1 N–H and O–H groups in total. The van der Waals surface area contributed by atoms with E-state index in [1.54, 1.807) is 26.0 Å². The maximum absolute atomic E-state index is 11.2. The van der Waals surface area contributed by atoms with Crippen LogP contribution in [0.15, 0.2) is 24.3 Å². The summed E-state index contributed by atoms with van der Waals surface area (Å²) >= 11 is 0. The van der Waals surface area contributed by atoms with Crippen LogP contribution in [-0.4, -0.2) is 21.0 Å².